The molecule has 2 heterocycles. The fraction of sp³-hybridized carbons (Fsp3) is 0.106. The van der Waals surface area contributed by atoms with Gasteiger partial charge >= 0.3 is 0 Å². The number of nitrogens with zero attached hydrogens (tertiary/aromatic N) is 1. The summed E-state index contributed by atoms with van der Waals surface area (Å²) in [5.41, 5.74) is 13.1. The Morgan fingerprint density at radius 1 is 0.612 bits per heavy atom. The van der Waals surface area contributed by atoms with Gasteiger partial charge in [0.05, 0.1) is 16.7 Å². The quantitative estimate of drug-likeness (QED) is 0.176. The number of aryl methyl sites for hydroxylation is 1. The number of hydrogen-bond donors (Lipinski definition) is 0. The zero-order valence-corrected chi connectivity index (χ0v) is 28.7. The topological polar surface area (TPSA) is 4.93 Å². The van der Waals surface area contributed by atoms with Crippen LogP contribution in [-0.2, 0) is 12.8 Å². The Bertz CT molecular complexity index is 2620. The SMILES string of the molecule is C1=Cc2sc3ccc4c5ccccc5n(C5=CC=C(c6ccc7c8c(cccc68)/C=C/C=C\C=C\7)Cc6ccccc65)c4c3c2CC1.CC. The highest BCUT2D eigenvalue weighted by atomic mass is 32.1. The summed E-state index contributed by atoms with van der Waals surface area (Å²) in [6.07, 6.45) is 25.5. The number of benzene rings is 5. The molecule has 0 amide bonds. The first-order chi connectivity index (χ1) is 24.3. The van der Waals surface area contributed by atoms with Gasteiger partial charge in [-0.2, -0.15) is 0 Å². The lowest BCUT2D eigenvalue weighted by Gasteiger charge is -2.17. The standard InChI is InChI=1S/C45H31NS.C2H6/c1-2-4-13-30-22-24-33(36-19-11-15-29(12-3-1)43(30)36)32-23-26-40(34-16-6-5-14-31(34)28-32)46-39-20-9-7-17-35(39)37-25-27-42-44(45(37)46)38-18-8-10-21-41(38)47-42;1-2/h1-7,9-17,19-27H,8,18,28H2;1-2H3/b2-1-,12-3+,13-4+;. The number of allylic oxidation sites excluding steroid dienone is 8. The molecule has 2 heteroatoms. The minimum absolute atomic E-state index is 0.868. The van der Waals surface area contributed by atoms with Gasteiger partial charge in [-0.1, -0.05) is 141 Å². The molecule has 0 radical (unpaired) electrons. The van der Waals surface area contributed by atoms with Crippen molar-refractivity contribution in [2.75, 3.05) is 0 Å². The molecule has 1 nitrogen and oxygen atoms in total. The van der Waals surface area contributed by atoms with Crippen molar-refractivity contribution in [3.63, 3.8) is 0 Å². The maximum Gasteiger partial charge on any atom is 0.0631 e. The van der Waals surface area contributed by atoms with Gasteiger partial charge in [0.1, 0.15) is 0 Å². The summed E-state index contributed by atoms with van der Waals surface area (Å²) in [5, 5.41) is 6.68. The zero-order chi connectivity index (χ0) is 32.9. The summed E-state index contributed by atoms with van der Waals surface area (Å²) >= 11 is 1.94. The Labute approximate surface area is 291 Å². The van der Waals surface area contributed by atoms with Crippen LogP contribution in [0.2, 0.25) is 0 Å². The molecule has 49 heavy (non-hydrogen) atoms. The molecule has 10 rings (SSSR count). The third-order valence-electron chi connectivity index (χ3n) is 10.1. The van der Waals surface area contributed by atoms with E-state index < -0.39 is 0 Å². The molecule has 0 fully saturated rings. The summed E-state index contributed by atoms with van der Waals surface area (Å²) in [6.45, 7) is 4.00. The Kier molecular flexibility index (Phi) is 7.40. The summed E-state index contributed by atoms with van der Waals surface area (Å²) in [6, 6.07) is 34.1. The fourth-order valence-electron chi connectivity index (χ4n) is 8.08. The van der Waals surface area contributed by atoms with Gasteiger partial charge in [-0.15, -0.1) is 11.3 Å². The lowest BCUT2D eigenvalue weighted by Crippen LogP contribution is -2.02. The van der Waals surface area contributed by atoms with Gasteiger partial charge in [-0.25, -0.2) is 0 Å². The van der Waals surface area contributed by atoms with Crippen LogP contribution in [0.3, 0.4) is 0 Å². The minimum Gasteiger partial charge on any atom is -0.308 e. The van der Waals surface area contributed by atoms with Crippen molar-refractivity contribution in [1.29, 1.82) is 0 Å². The first-order valence-corrected chi connectivity index (χ1v) is 18.4. The molecule has 0 saturated carbocycles. The van der Waals surface area contributed by atoms with E-state index >= 15 is 0 Å². The van der Waals surface area contributed by atoms with Crippen LogP contribution in [-0.4, -0.2) is 4.57 Å². The first kappa shape index (κ1) is 29.7. The van der Waals surface area contributed by atoms with Gasteiger partial charge in [-0.3, -0.25) is 0 Å². The molecule has 0 spiro atoms. The molecule has 7 aromatic rings. The normalized spacial score (nSPS) is 16.8. The van der Waals surface area contributed by atoms with E-state index in [2.05, 4.69) is 156 Å². The van der Waals surface area contributed by atoms with E-state index in [1.807, 2.05) is 25.2 Å². The largest absolute Gasteiger partial charge is 0.308 e. The van der Waals surface area contributed by atoms with Crippen molar-refractivity contribution in [2.45, 2.75) is 33.1 Å². The Hall–Kier alpha value is -5.44. The highest BCUT2D eigenvalue weighted by Gasteiger charge is 2.24. The Balaban J connectivity index is 0.00000160. The summed E-state index contributed by atoms with van der Waals surface area (Å²) in [4.78, 5) is 1.42. The van der Waals surface area contributed by atoms with Crippen molar-refractivity contribution in [3.05, 3.63) is 172 Å². The maximum atomic E-state index is 2.58. The monoisotopic (exact) mass is 647 g/mol. The average molecular weight is 648 g/mol. The number of rotatable bonds is 2. The van der Waals surface area contributed by atoms with Gasteiger partial charge in [-0.05, 0) is 87.7 Å². The Morgan fingerprint density at radius 3 is 2.31 bits per heavy atom. The molecule has 0 N–H and O–H groups in total. The molecule has 0 aliphatic heterocycles. The third kappa shape index (κ3) is 4.74. The number of aromatic nitrogens is 1. The molecule has 0 unspecified atom stereocenters. The van der Waals surface area contributed by atoms with E-state index in [1.165, 1.54) is 92.2 Å². The highest BCUT2D eigenvalue weighted by Crippen LogP contribution is 2.45. The van der Waals surface area contributed by atoms with Crippen LogP contribution in [0.5, 0.6) is 0 Å². The van der Waals surface area contributed by atoms with Gasteiger partial charge in [0.2, 0.25) is 0 Å². The van der Waals surface area contributed by atoms with Crippen LogP contribution in [0.15, 0.2) is 134 Å². The zero-order valence-electron chi connectivity index (χ0n) is 27.9. The second kappa shape index (κ2) is 12.2. The van der Waals surface area contributed by atoms with Crippen molar-refractivity contribution in [2.24, 2.45) is 0 Å². The van der Waals surface area contributed by atoms with Gasteiger partial charge < -0.3 is 4.57 Å². The molecule has 0 bridgehead atoms. The number of hydrogen-bond acceptors (Lipinski definition) is 1. The summed E-state index contributed by atoms with van der Waals surface area (Å²) < 4.78 is 3.95. The summed E-state index contributed by atoms with van der Waals surface area (Å²) in [5.74, 6) is 0. The fourth-order valence-corrected chi connectivity index (χ4v) is 9.26. The molecule has 0 atom stereocenters. The van der Waals surface area contributed by atoms with Crippen molar-refractivity contribution >= 4 is 83.5 Å². The predicted octanol–water partition coefficient (Wildman–Crippen LogP) is 13.3. The van der Waals surface area contributed by atoms with Crippen LogP contribution < -0.4 is 0 Å². The number of thiophene rings is 1. The van der Waals surface area contributed by atoms with Crippen LogP contribution in [0.4, 0.5) is 0 Å². The number of para-hydroxylation sites is 1. The van der Waals surface area contributed by atoms with Gasteiger partial charge in [0.25, 0.3) is 0 Å². The summed E-state index contributed by atoms with van der Waals surface area (Å²) in [7, 11) is 0. The van der Waals surface area contributed by atoms with E-state index in [0.717, 1.165) is 19.3 Å². The molecule has 2 aromatic heterocycles. The average Bonchev–Trinajstić information content (AvgIpc) is 3.66. The molecule has 0 saturated heterocycles. The smallest absolute Gasteiger partial charge is 0.0631 e. The van der Waals surface area contributed by atoms with Crippen molar-refractivity contribution < 1.29 is 0 Å². The molecular weight excluding hydrogens is 611 g/mol. The first-order valence-electron chi connectivity index (χ1n) is 17.5. The highest BCUT2D eigenvalue weighted by molar-refractivity contribution is 7.20. The van der Waals surface area contributed by atoms with Crippen LogP contribution in [0, 0.1) is 0 Å². The van der Waals surface area contributed by atoms with E-state index in [-0.39, 0.29) is 0 Å². The van der Waals surface area contributed by atoms with E-state index in [0.29, 0.717) is 0 Å². The molecule has 3 aliphatic carbocycles. The van der Waals surface area contributed by atoms with Crippen molar-refractivity contribution in [3.8, 4) is 0 Å². The molecular formula is C47H37NS. The molecule has 3 aliphatic rings. The van der Waals surface area contributed by atoms with Gasteiger partial charge in [0, 0.05) is 31.3 Å². The Morgan fingerprint density at radius 2 is 1.41 bits per heavy atom. The van der Waals surface area contributed by atoms with Gasteiger partial charge in [0.15, 0.2) is 0 Å². The molecule has 5 aromatic carbocycles. The van der Waals surface area contributed by atoms with Crippen molar-refractivity contribution in [1.82, 2.24) is 4.57 Å². The number of fused-ring (bicyclic) bond motifs is 8. The molecule has 236 valence electrons. The minimum atomic E-state index is 0.868. The van der Waals surface area contributed by atoms with E-state index in [1.54, 1.807) is 0 Å². The second-order valence-electron chi connectivity index (χ2n) is 12.7. The van der Waals surface area contributed by atoms with Crippen LogP contribution in [0.1, 0.15) is 58.5 Å². The van der Waals surface area contributed by atoms with E-state index in [4.69, 9.17) is 0 Å². The van der Waals surface area contributed by atoms with E-state index in [9.17, 15) is 0 Å². The van der Waals surface area contributed by atoms with Crippen LogP contribution in [0.25, 0.3) is 72.2 Å². The third-order valence-corrected chi connectivity index (χ3v) is 11.3. The lowest BCUT2D eigenvalue weighted by molar-refractivity contribution is 1.01. The predicted molar refractivity (Wildman–Crippen MR) is 216 cm³/mol. The second-order valence-corrected chi connectivity index (χ2v) is 13.8. The maximum absolute atomic E-state index is 2.58. The van der Waals surface area contributed by atoms with Crippen LogP contribution >= 0.6 is 11.3 Å². The lowest BCUT2D eigenvalue weighted by atomic mass is 9.89.